The zero-order chi connectivity index (χ0) is 37.3. The van der Waals surface area contributed by atoms with E-state index >= 15 is 0 Å². The molecule has 2 saturated carbocycles. The minimum absolute atomic E-state index is 0.275. The number of nitrogens with one attached hydrogen (secondary N) is 2. The van der Waals surface area contributed by atoms with Crippen molar-refractivity contribution in [1.29, 1.82) is 0 Å². The molecule has 4 aromatic rings. The number of esters is 2. The van der Waals surface area contributed by atoms with Gasteiger partial charge in [-0.25, -0.2) is 9.59 Å². The Balaban J connectivity index is 0.000000167. The largest absolute Gasteiger partial charge is 0.465 e. The SMILES string of the molecule is COC(=O)c1ccc(CN2CC[C@@H](CN[C@@H]3CC3c3ccccc3)C2)cc1.COC(=O)c1ccc(CN2CC[C@H](CN[C@@H]3CC3c3ccccc3)C2)cc1. The second-order valence-electron chi connectivity index (χ2n) is 15.7. The summed E-state index contributed by atoms with van der Waals surface area (Å²) < 4.78 is 9.51. The fourth-order valence-corrected chi connectivity index (χ4v) is 8.31. The summed E-state index contributed by atoms with van der Waals surface area (Å²) >= 11 is 0. The molecule has 0 amide bonds. The van der Waals surface area contributed by atoms with Crippen molar-refractivity contribution >= 4 is 11.9 Å². The molecule has 0 radical (unpaired) electrons. The minimum atomic E-state index is -0.275. The first kappa shape index (κ1) is 38.0. The predicted molar refractivity (Wildman–Crippen MR) is 214 cm³/mol. The van der Waals surface area contributed by atoms with Gasteiger partial charge >= 0.3 is 11.9 Å². The molecule has 2 N–H and O–H groups in total. The Bertz CT molecular complexity index is 1650. The number of benzene rings is 4. The summed E-state index contributed by atoms with van der Waals surface area (Å²) in [5.41, 5.74) is 6.67. The van der Waals surface area contributed by atoms with Crippen molar-refractivity contribution in [2.75, 3.05) is 53.5 Å². The highest BCUT2D eigenvalue weighted by Gasteiger charge is 2.39. The molecule has 8 nitrogen and oxygen atoms in total. The second kappa shape index (κ2) is 18.3. The second-order valence-corrected chi connectivity index (χ2v) is 15.7. The van der Waals surface area contributed by atoms with Crippen molar-refractivity contribution < 1.29 is 19.1 Å². The zero-order valence-electron chi connectivity index (χ0n) is 31.9. The van der Waals surface area contributed by atoms with Gasteiger partial charge in [0, 0.05) is 50.1 Å². The van der Waals surface area contributed by atoms with Gasteiger partial charge in [0.2, 0.25) is 0 Å². The third kappa shape index (κ3) is 10.4. The number of carbonyl (C=O) groups is 2. The molecule has 2 saturated heterocycles. The van der Waals surface area contributed by atoms with Gasteiger partial charge < -0.3 is 20.1 Å². The van der Waals surface area contributed by atoms with Crippen molar-refractivity contribution in [3.05, 3.63) is 143 Å². The molecule has 6 atom stereocenters. The van der Waals surface area contributed by atoms with E-state index in [4.69, 9.17) is 9.47 Å². The Kier molecular flexibility index (Phi) is 12.9. The van der Waals surface area contributed by atoms with E-state index in [1.165, 1.54) is 62.2 Å². The summed E-state index contributed by atoms with van der Waals surface area (Å²) in [6.07, 6.45) is 5.06. The van der Waals surface area contributed by atoms with E-state index in [9.17, 15) is 9.59 Å². The van der Waals surface area contributed by atoms with Gasteiger partial charge in [-0.1, -0.05) is 84.9 Å². The monoisotopic (exact) mass is 728 g/mol. The molecular weight excluding hydrogens is 673 g/mol. The molecule has 2 aliphatic carbocycles. The lowest BCUT2D eigenvalue weighted by atomic mass is 10.1. The number of likely N-dealkylation sites (tertiary alicyclic amines) is 2. The van der Waals surface area contributed by atoms with Crippen LogP contribution in [0.1, 0.15) is 80.5 Å². The van der Waals surface area contributed by atoms with E-state index in [1.54, 1.807) is 0 Å². The molecule has 8 rings (SSSR count). The van der Waals surface area contributed by atoms with Crippen molar-refractivity contribution in [2.45, 2.75) is 62.7 Å². The van der Waals surface area contributed by atoms with E-state index < -0.39 is 0 Å². The molecule has 0 spiro atoms. The molecule has 0 aromatic heterocycles. The first-order valence-corrected chi connectivity index (χ1v) is 19.8. The molecular formula is C46H56N4O4. The van der Waals surface area contributed by atoms with Crippen molar-refractivity contribution in [1.82, 2.24) is 20.4 Å². The number of hydrogen-bond acceptors (Lipinski definition) is 8. The number of hydrogen-bond donors (Lipinski definition) is 2. The highest BCUT2D eigenvalue weighted by atomic mass is 16.5. The van der Waals surface area contributed by atoms with Crippen LogP contribution in [-0.4, -0.2) is 87.3 Å². The third-order valence-corrected chi connectivity index (χ3v) is 11.7. The zero-order valence-corrected chi connectivity index (χ0v) is 31.9. The van der Waals surface area contributed by atoms with Crippen LogP contribution in [0.15, 0.2) is 109 Å². The van der Waals surface area contributed by atoms with Crippen LogP contribution >= 0.6 is 0 Å². The van der Waals surface area contributed by atoms with Crippen LogP contribution in [0.3, 0.4) is 0 Å². The predicted octanol–water partition coefficient (Wildman–Crippen LogP) is 6.88. The summed E-state index contributed by atoms with van der Waals surface area (Å²) in [6, 6.07) is 38.6. The van der Waals surface area contributed by atoms with Gasteiger partial charge in [0.05, 0.1) is 25.3 Å². The van der Waals surface area contributed by atoms with Crippen LogP contribution < -0.4 is 10.6 Å². The topological polar surface area (TPSA) is 83.1 Å². The molecule has 284 valence electrons. The number of rotatable bonds is 14. The lowest BCUT2D eigenvalue weighted by Crippen LogP contribution is -2.28. The van der Waals surface area contributed by atoms with Crippen molar-refractivity contribution in [3.8, 4) is 0 Å². The first-order chi connectivity index (χ1) is 26.4. The lowest BCUT2D eigenvalue weighted by Gasteiger charge is -2.16. The van der Waals surface area contributed by atoms with Crippen LogP contribution in [0.4, 0.5) is 0 Å². The fraction of sp³-hybridized carbons (Fsp3) is 0.435. The maximum absolute atomic E-state index is 11.5. The van der Waals surface area contributed by atoms with Crippen LogP contribution in [-0.2, 0) is 22.6 Å². The highest BCUT2D eigenvalue weighted by Crippen LogP contribution is 2.41. The van der Waals surface area contributed by atoms with E-state index in [0.29, 0.717) is 35.0 Å². The van der Waals surface area contributed by atoms with Gasteiger partial charge in [-0.05, 0) is 110 Å². The Hall–Kier alpha value is -4.34. The fourth-order valence-electron chi connectivity index (χ4n) is 8.31. The minimum Gasteiger partial charge on any atom is -0.465 e. The molecule has 2 aliphatic heterocycles. The van der Waals surface area contributed by atoms with Crippen LogP contribution in [0.2, 0.25) is 0 Å². The third-order valence-electron chi connectivity index (χ3n) is 11.7. The average Bonchev–Trinajstić information content (AvgIpc) is 4.09. The van der Waals surface area contributed by atoms with E-state index in [0.717, 1.165) is 64.2 Å². The summed E-state index contributed by atoms with van der Waals surface area (Å²) in [6.45, 7) is 8.73. The number of ether oxygens (including phenoxy) is 2. The molecule has 2 unspecified atom stereocenters. The van der Waals surface area contributed by atoms with Crippen LogP contribution in [0.5, 0.6) is 0 Å². The van der Waals surface area contributed by atoms with Gasteiger partial charge in [-0.3, -0.25) is 9.80 Å². The summed E-state index contributed by atoms with van der Waals surface area (Å²) in [4.78, 5) is 28.1. The average molecular weight is 729 g/mol. The number of methoxy groups -OCH3 is 2. The summed E-state index contributed by atoms with van der Waals surface area (Å²) in [7, 11) is 2.83. The van der Waals surface area contributed by atoms with Crippen molar-refractivity contribution in [3.63, 3.8) is 0 Å². The quantitative estimate of drug-likeness (QED) is 0.136. The van der Waals surface area contributed by atoms with E-state index in [1.807, 2.05) is 48.5 Å². The number of nitrogens with zero attached hydrogens (tertiary/aromatic N) is 2. The highest BCUT2D eigenvalue weighted by molar-refractivity contribution is 5.89. The smallest absolute Gasteiger partial charge is 0.337 e. The Morgan fingerprint density at radius 2 is 0.963 bits per heavy atom. The molecule has 0 bridgehead atoms. The number of carbonyl (C=O) groups excluding carboxylic acids is 2. The summed E-state index contributed by atoms with van der Waals surface area (Å²) in [5.74, 6) is 2.33. The van der Waals surface area contributed by atoms with Gasteiger partial charge in [0.25, 0.3) is 0 Å². The van der Waals surface area contributed by atoms with Crippen LogP contribution in [0, 0.1) is 11.8 Å². The van der Waals surface area contributed by atoms with E-state index in [2.05, 4.69) is 81.1 Å². The van der Waals surface area contributed by atoms with Crippen molar-refractivity contribution in [2.24, 2.45) is 11.8 Å². The van der Waals surface area contributed by atoms with Gasteiger partial charge in [-0.2, -0.15) is 0 Å². The standard InChI is InChI=1S/2C23H28N2O2/c2*1-27-23(26)20-9-7-17(8-10-20)15-25-12-11-18(16-25)14-24-22-13-21(22)19-5-3-2-4-6-19/h2*2-10,18,21-22,24H,11-16H2,1H3/t18-,21?,22+;18-,21?,22-/m01/s1. The molecule has 4 aromatic carbocycles. The van der Waals surface area contributed by atoms with E-state index in [-0.39, 0.29) is 11.9 Å². The Morgan fingerprint density at radius 1 is 0.574 bits per heavy atom. The maximum Gasteiger partial charge on any atom is 0.337 e. The van der Waals surface area contributed by atoms with Gasteiger partial charge in [0.15, 0.2) is 0 Å². The summed E-state index contributed by atoms with van der Waals surface area (Å²) in [5, 5.41) is 7.56. The molecule has 4 fully saturated rings. The normalized spacial score (nSPS) is 24.7. The Labute approximate surface area is 321 Å². The maximum atomic E-state index is 11.5. The van der Waals surface area contributed by atoms with Crippen LogP contribution in [0.25, 0.3) is 0 Å². The molecule has 54 heavy (non-hydrogen) atoms. The Morgan fingerprint density at radius 3 is 1.33 bits per heavy atom. The first-order valence-electron chi connectivity index (χ1n) is 19.8. The lowest BCUT2D eigenvalue weighted by molar-refractivity contribution is 0.0592. The molecule has 8 heteroatoms. The van der Waals surface area contributed by atoms with Gasteiger partial charge in [0.1, 0.15) is 0 Å². The molecule has 2 heterocycles. The molecule has 4 aliphatic rings. The van der Waals surface area contributed by atoms with Gasteiger partial charge in [-0.15, -0.1) is 0 Å².